The third-order valence-electron chi connectivity index (χ3n) is 4.53. The Morgan fingerprint density at radius 2 is 1.91 bits per heavy atom. The molecule has 0 aliphatic heterocycles. The van der Waals surface area contributed by atoms with Crippen molar-refractivity contribution >= 4 is 11.4 Å². The number of nitrogens with zero attached hydrogens (tertiary/aromatic N) is 1. The summed E-state index contributed by atoms with van der Waals surface area (Å²) in [5, 5.41) is 9.63. The number of allylic oxidation sites excluding steroid dienone is 2. The molecule has 0 fully saturated rings. The summed E-state index contributed by atoms with van der Waals surface area (Å²) in [5.74, 6) is 0.755. The smallest absolute Gasteiger partial charge is 0.178 e. The fourth-order valence-corrected chi connectivity index (χ4v) is 3.20. The number of benzene rings is 1. The van der Waals surface area contributed by atoms with E-state index < -0.39 is 5.41 Å². The Morgan fingerprint density at radius 3 is 2.39 bits per heavy atom. The Morgan fingerprint density at radius 1 is 1.30 bits per heavy atom. The minimum Gasteiger partial charge on any atom is -0.496 e. The van der Waals surface area contributed by atoms with Gasteiger partial charge in [-0.05, 0) is 53.2 Å². The molecule has 1 aromatic carbocycles. The molecule has 2 rings (SSSR count). The van der Waals surface area contributed by atoms with Gasteiger partial charge < -0.3 is 4.74 Å². The first-order chi connectivity index (χ1) is 10.5. The van der Waals surface area contributed by atoms with Crippen molar-refractivity contribution in [2.45, 2.75) is 53.4 Å². The predicted molar refractivity (Wildman–Crippen MR) is 92.4 cm³/mol. The summed E-state index contributed by atoms with van der Waals surface area (Å²) in [6.07, 6.45) is 0.694. The summed E-state index contributed by atoms with van der Waals surface area (Å²) in [7, 11) is 1.66. The molecule has 23 heavy (non-hydrogen) atoms. The molecule has 3 nitrogen and oxygen atoms in total. The molecule has 0 radical (unpaired) electrons. The van der Waals surface area contributed by atoms with Gasteiger partial charge in [-0.1, -0.05) is 34.6 Å². The number of ether oxygens (including phenoxy) is 1. The molecule has 0 aromatic heterocycles. The maximum atomic E-state index is 12.7. The van der Waals surface area contributed by atoms with Gasteiger partial charge in [0, 0.05) is 5.41 Å². The van der Waals surface area contributed by atoms with E-state index >= 15 is 0 Å². The van der Waals surface area contributed by atoms with Crippen molar-refractivity contribution in [1.29, 1.82) is 5.26 Å². The van der Waals surface area contributed by atoms with E-state index in [4.69, 9.17) is 4.74 Å². The standard InChI is InChI=1S/C20H25NO2/c1-12-8-13-14(15(11-21)18(22)19(2,3)4)10-20(5,6)16(13)9-17(12)23-7/h8-9H,10H2,1-7H3/b15-14+. The first kappa shape index (κ1) is 17.3. The molecule has 1 aromatic rings. The predicted octanol–water partition coefficient (Wildman–Crippen LogP) is 4.58. The summed E-state index contributed by atoms with van der Waals surface area (Å²) >= 11 is 0. The summed E-state index contributed by atoms with van der Waals surface area (Å²) < 4.78 is 5.44. The summed E-state index contributed by atoms with van der Waals surface area (Å²) in [6, 6.07) is 6.27. The number of fused-ring (bicyclic) bond motifs is 1. The highest BCUT2D eigenvalue weighted by molar-refractivity contribution is 6.09. The number of aryl methyl sites for hydroxylation is 1. The van der Waals surface area contributed by atoms with Crippen LogP contribution >= 0.6 is 0 Å². The van der Waals surface area contributed by atoms with Gasteiger partial charge in [-0.25, -0.2) is 0 Å². The van der Waals surface area contributed by atoms with Crippen molar-refractivity contribution in [3.8, 4) is 11.8 Å². The van der Waals surface area contributed by atoms with Gasteiger partial charge in [0.25, 0.3) is 0 Å². The molecule has 0 atom stereocenters. The summed E-state index contributed by atoms with van der Waals surface area (Å²) in [5.41, 5.74) is 3.67. The number of methoxy groups -OCH3 is 1. The van der Waals surface area contributed by atoms with E-state index in [9.17, 15) is 10.1 Å². The Bertz CT molecular complexity index is 740. The molecule has 0 saturated carbocycles. The quantitative estimate of drug-likeness (QED) is 0.593. The first-order valence-electron chi connectivity index (χ1n) is 7.90. The molecule has 0 bridgehead atoms. The van der Waals surface area contributed by atoms with E-state index in [0.717, 1.165) is 28.0 Å². The Labute approximate surface area is 139 Å². The largest absolute Gasteiger partial charge is 0.496 e. The van der Waals surface area contributed by atoms with E-state index in [-0.39, 0.29) is 11.2 Å². The van der Waals surface area contributed by atoms with Crippen molar-refractivity contribution in [3.05, 3.63) is 34.4 Å². The lowest BCUT2D eigenvalue weighted by Gasteiger charge is -2.19. The lowest BCUT2D eigenvalue weighted by molar-refractivity contribution is -0.122. The zero-order valence-corrected chi connectivity index (χ0v) is 15.1. The van der Waals surface area contributed by atoms with Gasteiger partial charge in [-0.3, -0.25) is 4.79 Å². The van der Waals surface area contributed by atoms with Crippen LogP contribution in [0.3, 0.4) is 0 Å². The van der Waals surface area contributed by atoms with Gasteiger partial charge in [0.1, 0.15) is 11.8 Å². The van der Waals surface area contributed by atoms with Crippen LogP contribution in [0.4, 0.5) is 0 Å². The fourth-order valence-electron chi connectivity index (χ4n) is 3.20. The van der Waals surface area contributed by atoms with Crippen LogP contribution in [0.5, 0.6) is 5.75 Å². The van der Waals surface area contributed by atoms with Crippen molar-refractivity contribution in [2.75, 3.05) is 7.11 Å². The Hall–Kier alpha value is -2.08. The van der Waals surface area contributed by atoms with Gasteiger partial charge in [0.05, 0.1) is 12.7 Å². The molecule has 1 aliphatic rings. The molecule has 0 saturated heterocycles. The second-order valence-corrected chi connectivity index (χ2v) is 7.97. The molecule has 0 spiro atoms. The van der Waals surface area contributed by atoms with Crippen LogP contribution in [-0.4, -0.2) is 12.9 Å². The fraction of sp³-hybridized carbons (Fsp3) is 0.500. The minimum atomic E-state index is -0.563. The van der Waals surface area contributed by atoms with E-state index in [1.807, 2.05) is 39.8 Å². The number of ketones is 1. The third kappa shape index (κ3) is 2.91. The van der Waals surface area contributed by atoms with Crippen molar-refractivity contribution in [1.82, 2.24) is 0 Å². The van der Waals surface area contributed by atoms with E-state index in [1.165, 1.54) is 0 Å². The zero-order chi connectivity index (χ0) is 17.6. The molecule has 0 unspecified atom stereocenters. The molecule has 122 valence electrons. The number of nitriles is 1. The van der Waals surface area contributed by atoms with E-state index in [2.05, 4.69) is 19.9 Å². The average molecular weight is 311 g/mol. The van der Waals surface area contributed by atoms with Crippen LogP contribution in [0.25, 0.3) is 5.57 Å². The summed E-state index contributed by atoms with van der Waals surface area (Å²) in [4.78, 5) is 12.7. The number of rotatable bonds is 2. The van der Waals surface area contributed by atoms with Crippen LogP contribution < -0.4 is 4.74 Å². The van der Waals surface area contributed by atoms with Crippen LogP contribution in [0.2, 0.25) is 0 Å². The number of hydrogen-bond donors (Lipinski definition) is 0. The second-order valence-electron chi connectivity index (χ2n) is 7.97. The zero-order valence-electron chi connectivity index (χ0n) is 15.1. The lowest BCUT2D eigenvalue weighted by atomic mass is 9.83. The van der Waals surface area contributed by atoms with Gasteiger partial charge in [-0.2, -0.15) is 5.26 Å². The molecule has 3 heteroatoms. The van der Waals surface area contributed by atoms with Gasteiger partial charge in [-0.15, -0.1) is 0 Å². The first-order valence-corrected chi connectivity index (χ1v) is 7.90. The van der Waals surface area contributed by atoms with E-state index in [1.54, 1.807) is 7.11 Å². The van der Waals surface area contributed by atoms with Crippen LogP contribution in [0, 0.1) is 23.7 Å². The van der Waals surface area contributed by atoms with Crippen LogP contribution in [-0.2, 0) is 10.2 Å². The maximum Gasteiger partial charge on any atom is 0.178 e. The Kier molecular flexibility index (Phi) is 4.15. The molecule has 1 aliphatic carbocycles. The number of hydrogen-bond acceptors (Lipinski definition) is 3. The monoisotopic (exact) mass is 311 g/mol. The van der Waals surface area contributed by atoms with Crippen molar-refractivity contribution < 1.29 is 9.53 Å². The molecule has 0 N–H and O–H groups in total. The molecular formula is C20H25NO2. The lowest BCUT2D eigenvalue weighted by Crippen LogP contribution is -2.22. The van der Waals surface area contributed by atoms with E-state index in [0.29, 0.717) is 12.0 Å². The normalized spacial score (nSPS) is 18.2. The van der Waals surface area contributed by atoms with Gasteiger partial charge >= 0.3 is 0 Å². The van der Waals surface area contributed by atoms with Crippen molar-refractivity contribution in [3.63, 3.8) is 0 Å². The SMILES string of the molecule is COc1cc2c(cc1C)/C(=C(\C#N)C(=O)C(C)(C)C)CC2(C)C. The van der Waals surface area contributed by atoms with Gasteiger partial charge in [0.2, 0.25) is 0 Å². The molecular weight excluding hydrogens is 286 g/mol. The molecule has 0 amide bonds. The highest BCUT2D eigenvalue weighted by Gasteiger charge is 2.38. The van der Waals surface area contributed by atoms with Crippen molar-refractivity contribution in [2.24, 2.45) is 5.41 Å². The maximum absolute atomic E-state index is 12.7. The molecule has 0 heterocycles. The average Bonchev–Trinajstić information content (AvgIpc) is 2.69. The number of carbonyl (C=O) groups excluding carboxylic acids is 1. The Balaban J connectivity index is 2.75. The minimum absolute atomic E-state index is 0.0906. The third-order valence-corrected chi connectivity index (χ3v) is 4.53. The topological polar surface area (TPSA) is 50.1 Å². The van der Waals surface area contributed by atoms with Crippen LogP contribution in [0.1, 0.15) is 57.7 Å². The number of Topliss-reactive ketones (excluding diaryl/α,β-unsaturated/α-hetero) is 1. The number of carbonyl (C=O) groups is 1. The second kappa shape index (κ2) is 5.53. The summed E-state index contributed by atoms with van der Waals surface area (Å²) in [6.45, 7) is 11.8. The van der Waals surface area contributed by atoms with Gasteiger partial charge in [0.15, 0.2) is 5.78 Å². The highest BCUT2D eigenvalue weighted by Crippen LogP contribution is 2.49. The highest BCUT2D eigenvalue weighted by atomic mass is 16.5. The van der Waals surface area contributed by atoms with Crippen LogP contribution in [0.15, 0.2) is 17.7 Å².